The number of amides is 2. The molecule has 0 unspecified atom stereocenters. The normalized spacial score (nSPS) is 17.5. The van der Waals surface area contributed by atoms with Crippen molar-refractivity contribution in [2.75, 3.05) is 0 Å². The molecule has 2 amide bonds. The molecule has 1 fully saturated rings. The second kappa shape index (κ2) is 5.12. The smallest absolute Gasteiger partial charge is 0.404 e. The number of imide groups is 1. The Morgan fingerprint density at radius 1 is 1.18 bits per heavy atom. The summed E-state index contributed by atoms with van der Waals surface area (Å²) in [7, 11) is 0. The number of nitrogens with one attached hydrogen (secondary N) is 1. The number of alkyl carbamates (subject to hydrolysis) is 1. The zero-order valence-electron chi connectivity index (χ0n) is 9.05. The number of ether oxygens (including phenoxy) is 1. The third kappa shape index (κ3) is 3.04. The van der Waals surface area contributed by atoms with E-state index in [0.29, 0.717) is 0 Å². The van der Waals surface area contributed by atoms with Crippen LogP contribution >= 0.6 is 0 Å². The molecule has 0 atom stereocenters. The predicted octanol–water partition coefficient (Wildman–Crippen LogP) is 1.94. The van der Waals surface area contributed by atoms with Crippen molar-refractivity contribution < 1.29 is 14.3 Å². The number of benzene rings is 1. The van der Waals surface area contributed by atoms with E-state index in [1.54, 1.807) is 6.08 Å². The fourth-order valence-electron chi connectivity index (χ4n) is 1.41. The Hall–Kier alpha value is -2.36. The minimum atomic E-state index is -0.724. The van der Waals surface area contributed by atoms with Gasteiger partial charge in [0.2, 0.25) is 0 Å². The van der Waals surface area contributed by atoms with Crippen molar-refractivity contribution in [3.05, 3.63) is 59.9 Å². The van der Waals surface area contributed by atoms with Crippen molar-refractivity contribution in [1.29, 1.82) is 0 Å². The fourth-order valence-corrected chi connectivity index (χ4v) is 1.41. The maximum absolute atomic E-state index is 11.1. The van der Waals surface area contributed by atoms with Gasteiger partial charge >= 0.3 is 6.09 Å². The molecule has 1 heterocycles. The number of rotatable bonds is 3. The summed E-state index contributed by atoms with van der Waals surface area (Å²) >= 11 is 0. The molecule has 1 aliphatic rings. The van der Waals surface area contributed by atoms with Gasteiger partial charge in [0.15, 0.2) is 5.76 Å². The second-order valence-corrected chi connectivity index (χ2v) is 3.49. The van der Waals surface area contributed by atoms with E-state index in [0.717, 1.165) is 6.42 Å². The third-order valence-corrected chi connectivity index (χ3v) is 2.22. The zero-order chi connectivity index (χ0) is 12.1. The SMILES string of the molecule is O=C1NC(=O)/C(=C\C=C\Cc2ccccc2)O1. The second-order valence-electron chi connectivity index (χ2n) is 3.49. The molecule has 0 bridgehead atoms. The van der Waals surface area contributed by atoms with Crippen LogP contribution in [0, 0.1) is 0 Å². The number of hydrogen-bond donors (Lipinski definition) is 1. The number of carbonyl (C=O) groups is 2. The van der Waals surface area contributed by atoms with Gasteiger partial charge in [0.25, 0.3) is 5.91 Å². The minimum absolute atomic E-state index is 0.0271. The quantitative estimate of drug-likeness (QED) is 0.806. The van der Waals surface area contributed by atoms with Crippen molar-refractivity contribution >= 4 is 12.0 Å². The maximum Gasteiger partial charge on any atom is 0.419 e. The Labute approximate surface area is 98.6 Å². The van der Waals surface area contributed by atoms with E-state index < -0.39 is 12.0 Å². The first-order valence-corrected chi connectivity index (χ1v) is 5.19. The van der Waals surface area contributed by atoms with Crippen molar-refractivity contribution in [3.63, 3.8) is 0 Å². The van der Waals surface area contributed by atoms with Crippen molar-refractivity contribution in [2.24, 2.45) is 0 Å². The van der Waals surface area contributed by atoms with Gasteiger partial charge < -0.3 is 4.74 Å². The average Bonchev–Trinajstić information content (AvgIpc) is 2.65. The summed E-state index contributed by atoms with van der Waals surface area (Å²) in [6.45, 7) is 0. The highest BCUT2D eigenvalue weighted by molar-refractivity contribution is 6.07. The molecule has 86 valence electrons. The van der Waals surface area contributed by atoms with E-state index in [2.05, 4.69) is 4.74 Å². The Morgan fingerprint density at radius 2 is 1.94 bits per heavy atom. The van der Waals surface area contributed by atoms with Crippen LogP contribution in [0.5, 0.6) is 0 Å². The van der Waals surface area contributed by atoms with Gasteiger partial charge in [-0.25, -0.2) is 4.79 Å². The van der Waals surface area contributed by atoms with Crippen molar-refractivity contribution in [2.45, 2.75) is 6.42 Å². The monoisotopic (exact) mass is 229 g/mol. The van der Waals surface area contributed by atoms with Gasteiger partial charge in [0.05, 0.1) is 0 Å². The van der Waals surface area contributed by atoms with E-state index in [9.17, 15) is 9.59 Å². The van der Waals surface area contributed by atoms with Gasteiger partial charge in [0, 0.05) is 0 Å². The summed E-state index contributed by atoms with van der Waals surface area (Å²) in [6, 6.07) is 9.92. The van der Waals surface area contributed by atoms with Gasteiger partial charge in [-0.05, 0) is 18.1 Å². The largest absolute Gasteiger partial charge is 0.419 e. The van der Waals surface area contributed by atoms with E-state index >= 15 is 0 Å². The molecule has 2 rings (SSSR count). The Morgan fingerprint density at radius 3 is 2.59 bits per heavy atom. The van der Waals surface area contributed by atoms with Crippen LogP contribution < -0.4 is 5.32 Å². The van der Waals surface area contributed by atoms with Crippen LogP contribution in [0.3, 0.4) is 0 Å². The molecule has 4 heteroatoms. The van der Waals surface area contributed by atoms with Crippen LogP contribution in [0.4, 0.5) is 4.79 Å². The van der Waals surface area contributed by atoms with E-state index in [4.69, 9.17) is 0 Å². The topological polar surface area (TPSA) is 55.4 Å². The van der Waals surface area contributed by atoms with Crippen LogP contribution in [0.2, 0.25) is 0 Å². The van der Waals surface area contributed by atoms with Gasteiger partial charge in [-0.1, -0.05) is 42.5 Å². The molecule has 17 heavy (non-hydrogen) atoms. The van der Waals surface area contributed by atoms with Crippen LogP contribution in [-0.2, 0) is 16.0 Å². The van der Waals surface area contributed by atoms with Gasteiger partial charge in [-0.15, -0.1) is 0 Å². The molecule has 1 aromatic rings. The van der Waals surface area contributed by atoms with Crippen molar-refractivity contribution in [1.82, 2.24) is 5.32 Å². The Balaban J connectivity index is 1.92. The first kappa shape index (κ1) is 11.1. The highest BCUT2D eigenvalue weighted by Crippen LogP contribution is 2.06. The van der Waals surface area contributed by atoms with E-state index in [1.165, 1.54) is 11.6 Å². The molecule has 0 saturated carbocycles. The molecule has 0 aliphatic carbocycles. The minimum Gasteiger partial charge on any atom is -0.404 e. The molecule has 1 N–H and O–H groups in total. The number of carbonyl (C=O) groups excluding carboxylic acids is 2. The van der Waals surface area contributed by atoms with Gasteiger partial charge in [-0.2, -0.15) is 0 Å². The van der Waals surface area contributed by atoms with Crippen LogP contribution in [-0.4, -0.2) is 12.0 Å². The number of cyclic esters (lactones) is 1. The molecule has 0 spiro atoms. The first-order chi connectivity index (χ1) is 8.25. The predicted molar refractivity (Wildman–Crippen MR) is 62.0 cm³/mol. The average molecular weight is 229 g/mol. The summed E-state index contributed by atoms with van der Waals surface area (Å²) in [4.78, 5) is 21.8. The molecule has 1 saturated heterocycles. The van der Waals surface area contributed by atoms with Crippen molar-refractivity contribution in [3.8, 4) is 0 Å². The Kier molecular flexibility index (Phi) is 3.35. The molecule has 0 radical (unpaired) electrons. The molecular weight excluding hydrogens is 218 g/mol. The van der Waals surface area contributed by atoms with Gasteiger partial charge in [0.1, 0.15) is 0 Å². The fraction of sp³-hybridized carbons (Fsp3) is 0.0769. The lowest BCUT2D eigenvalue weighted by Gasteiger charge is -1.93. The molecular formula is C13H11NO3. The molecule has 1 aliphatic heterocycles. The summed E-state index contributed by atoms with van der Waals surface area (Å²) < 4.78 is 4.64. The van der Waals surface area contributed by atoms with Crippen LogP contribution in [0.15, 0.2) is 54.3 Å². The molecule has 0 aromatic heterocycles. The maximum atomic E-state index is 11.1. The Bertz CT molecular complexity index is 489. The zero-order valence-corrected chi connectivity index (χ0v) is 9.05. The summed E-state index contributed by atoms with van der Waals surface area (Å²) in [5, 5.41) is 2.02. The first-order valence-electron chi connectivity index (χ1n) is 5.19. The number of allylic oxidation sites excluding steroid dienone is 3. The molecule has 4 nitrogen and oxygen atoms in total. The third-order valence-electron chi connectivity index (χ3n) is 2.22. The highest BCUT2D eigenvalue weighted by Gasteiger charge is 2.24. The highest BCUT2D eigenvalue weighted by atomic mass is 16.6. The van der Waals surface area contributed by atoms with Gasteiger partial charge in [-0.3, -0.25) is 10.1 Å². The van der Waals surface area contributed by atoms with E-state index in [-0.39, 0.29) is 5.76 Å². The lowest BCUT2D eigenvalue weighted by atomic mass is 10.1. The summed E-state index contributed by atoms with van der Waals surface area (Å²) in [6.07, 6.45) is 5.10. The van der Waals surface area contributed by atoms with E-state index in [1.807, 2.05) is 41.7 Å². The summed E-state index contributed by atoms with van der Waals surface area (Å²) in [5.74, 6) is -0.473. The molecule has 1 aromatic carbocycles. The lowest BCUT2D eigenvalue weighted by molar-refractivity contribution is -0.116. The van der Waals surface area contributed by atoms with Crippen LogP contribution in [0.25, 0.3) is 0 Å². The summed E-state index contributed by atoms with van der Waals surface area (Å²) in [5.41, 5.74) is 1.18. The van der Waals surface area contributed by atoms with Crippen LogP contribution in [0.1, 0.15) is 5.56 Å². The lowest BCUT2D eigenvalue weighted by Crippen LogP contribution is -2.18. The standard InChI is InChI=1S/C13H11NO3/c15-12-11(17-13(16)14-12)9-5-4-8-10-6-2-1-3-7-10/h1-7,9H,8H2,(H,14,15,16)/b5-4+,11-9+. The number of hydrogen-bond acceptors (Lipinski definition) is 3.